The van der Waals surface area contributed by atoms with Crippen molar-refractivity contribution in [3.8, 4) is 10.4 Å². The highest BCUT2D eigenvalue weighted by Gasteiger charge is 2.05. The molecule has 0 unspecified atom stereocenters. The Balaban J connectivity index is 1.77. The summed E-state index contributed by atoms with van der Waals surface area (Å²) in [5.41, 5.74) is 1.29. The number of nitrogens with zero attached hydrogens (tertiary/aromatic N) is 1. The van der Waals surface area contributed by atoms with Gasteiger partial charge >= 0.3 is 0 Å². The monoisotopic (exact) mass is 294 g/mol. The summed E-state index contributed by atoms with van der Waals surface area (Å²) in [6.45, 7) is 1.56. The molecule has 2 rings (SSSR count). The average molecular weight is 294 g/mol. The Morgan fingerprint density at radius 1 is 1.37 bits per heavy atom. The third-order valence-corrected chi connectivity index (χ3v) is 4.63. The molecule has 1 N–H and O–H groups in total. The number of hydrogen-bond acceptors (Lipinski definition) is 4. The van der Waals surface area contributed by atoms with E-state index in [0.717, 1.165) is 13.1 Å². The predicted molar refractivity (Wildman–Crippen MR) is 82.6 cm³/mol. The second-order valence-electron chi connectivity index (χ2n) is 4.49. The lowest BCUT2D eigenvalue weighted by Gasteiger charge is -2.09. The minimum atomic E-state index is 0.165. The first-order chi connectivity index (χ1) is 9.16. The second kappa shape index (κ2) is 6.84. The molecule has 0 saturated heterocycles. The first kappa shape index (κ1) is 14.2. The van der Waals surface area contributed by atoms with E-state index >= 15 is 0 Å². The highest BCUT2D eigenvalue weighted by Crippen LogP contribution is 2.29. The van der Waals surface area contributed by atoms with Crippen molar-refractivity contribution in [3.05, 3.63) is 33.8 Å². The maximum absolute atomic E-state index is 11.4. The largest absolute Gasteiger partial charge is 0.349 e. The summed E-state index contributed by atoms with van der Waals surface area (Å²) in [4.78, 5) is 15.6. The lowest BCUT2D eigenvalue weighted by Crippen LogP contribution is -2.26. The SMILES string of the molecule is CN(C)C(=O)CCNCc1cc(-c2cccs2)cs1. The van der Waals surface area contributed by atoms with Gasteiger partial charge in [-0.2, -0.15) is 0 Å². The molecule has 0 fully saturated rings. The molecule has 2 aromatic rings. The normalized spacial score (nSPS) is 10.6. The zero-order chi connectivity index (χ0) is 13.7. The third kappa shape index (κ3) is 4.16. The van der Waals surface area contributed by atoms with Crippen LogP contribution in [0.1, 0.15) is 11.3 Å². The number of nitrogens with one attached hydrogen (secondary N) is 1. The van der Waals surface area contributed by atoms with Crippen molar-refractivity contribution in [3.63, 3.8) is 0 Å². The van der Waals surface area contributed by atoms with E-state index in [1.165, 1.54) is 15.3 Å². The van der Waals surface area contributed by atoms with Crippen LogP contribution in [0.4, 0.5) is 0 Å². The Morgan fingerprint density at radius 2 is 2.21 bits per heavy atom. The maximum Gasteiger partial charge on any atom is 0.223 e. The molecule has 0 aliphatic carbocycles. The Morgan fingerprint density at radius 3 is 2.89 bits per heavy atom. The van der Waals surface area contributed by atoms with E-state index in [2.05, 4.69) is 34.3 Å². The van der Waals surface area contributed by atoms with Gasteiger partial charge in [-0.05, 0) is 22.9 Å². The van der Waals surface area contributed by atoms with Gasteiger partial charge in [0.05, 0.1) is 0 Å². The van der Waals surface area contributed by atoms with Crippen molar-refractivity contribution < 1.29 is 4.79 Å². The van der Waals surface area contributed by atoms with Crippen LogP contribution < -0.4 is 5.32 Å². The first-order valence-electron chi connectivity index (χ1n) is 6.19. The molecule has 5 heteroatoms. The maximum atomic E-state index is 11.4. The Kier molecular flexibility index (Phi) is 5.13. The number of hydrogen-bond donors (Lipinski definition) is 1. The minimum Gasteiger partial charge on any atom is -0.349 e. The van der Waals surface area contributed by atoms with Crippen LogP contribution in [0.2, 0.25) is 0 Å². The van der Waals surface area contributed by atoms with Crippen LogP contribution in [-0.2, 0) is 11.3 Å². The van der Waals surface area contributed by atoms with Crippen molar-refractivity contribution >= 4 is 28.6 Å². The van der Waals surface area contributed by atoms with Gasteiger partial charge in [-0.15, -0.1) is 22.7 Å². The molecular weight excluding hydrogens is 276 g/mol. The number of carbonyl (C=O) groups excluding carboxylic acids is 1. The van der Waals surface area contributed by atoms with Gasteiger partial charge in [-0.1, -0.05) is 6.07 Å². The first-order valence-corrected chi connectivity index (χ1v) is 7.95. The number of rotatable bonds is 6. The fourth-order valence-electron chi connectivity index (χ4n) is 1.68. The van der Waals surface area contributed by atoms with Gasteiger partial charge in [0, 0.05) is 48.9 Å². The van der Waals surface area contributed by atoms with Crippen LogP contribution in [0.15, 0.2) is 29.0 Å². The molecule has 0 aliphatic heterocycles. The standard InChI is InChI=1S/C14H18N2OS2/c1-16(2)14(17)5-6-15-9-12-8-11(10-19-12)13-4-3-7-18-13/h3-4,7-8,10,15H,5-6,9H2,1-2H3. The van der Waals surface area contributed by atoms with Crippen LogP contribution in [0.3, 0.4) is 0 Å². The summed E-state index contributed by atoms with van der Waals surface area (Å²) >= 11 is 3.52. The van der Waals surface area contributed by atoms with Crippen molar-refractivity contribution in [2.24, 2.45) is 0 Å². The molecule has 0 aromatic carbocycles. The highest BCUT2D eigenvalue weighted by atomic mass is 32.1. The van der Waals surface area contributed by atoms with Gasteiger partial charge < -0.3 is 10.2 Å². The van der Waals surface area contributed by atoms with E-state index in [1.54, 1.807) is 41.7 Å². The lowest BCUT2D eigenvalue weighted by atomic mass is 10.2. The molecule has 19 heavy (non-hydrogen) atoms. The zero-order valence-electron chi connectivity index (χ0n) is 11.2. The van der Waals surface area contributed by atoms with E-state index in [1.807, 2.05) is 0 Å². The molecule has 2 heterocycles. The van der Waals surface area contributed by atoms with Crippen LogP contribution in [0.5, 0.6) is 0 Å². The molecule has 0 atom stereocenters. The molecule has 0 radical (unpaired) electrons. The van der Waals surface area contributed by atoms with Gasteiger partial charge in [-0.3, -0.25) is 4.79 Å². The fourth-order valence-corrected chi connectivity index (χ4v) is 3.32. The molecule has 3 nitrogen and oxygen atoms in total. The summed E-state index contributed by atoms with van der Waals surface area (Å²) in [7, 11) is 3.57. The summed E-state index contributed by atoms with van der Waals surface area (Å²) in [6.07, 6.45) is 0.552. The van der Waals surface area contributed by atoms with E-state index in [-0.39, 0.29) is 5.91 Å². The smallest absolute Gasteiger partial charge is 0.223 e. The Labute approximate surface area is 121 Å². The van der Waals surface area contributed by atoms with Crippen molar-refractivity contribution in [1.82, 2.24) is 10.2 Å². The summed E-state index contributed by atoms with van der Waals surface area (Å²) < 4.78 is 0. The summed E-state index contributed by atoms with van der Waals surface area (Å²) in [6, 6.07) is 6.43. The van der Waals surface area contributed by atoms with Crippen molar-refractivity contribution in [2.75, 3.05) is 20.6 Å². The molecular formula is C14H18N2OS2. The number of carbonyl (C=O) groups is 1. The van der Waals surface area contributed by atoms with E-state index in [0.29, 0.717) is 6.42 Å². The third-order valence-electron chi connectivity index (χ3n) is 2.77. The van der Waals surface area contributed by atoms with Crippen LogP contribution in [0.25, 0.3) is 10.4 Å². The molecule has 1 amide bonds. The van der Waals surface area contributed by atoms with Gasteiger partial charge in [0.15, 0.2) is 0 Å². The minimum absolute atomic E-state index is 0.165. The molecule has 102 valence electrons. The van der Waals surface area contributed by atoms with E-state index in [9.17, 15) is 4.79 Å². The fraction of sp³-hybridized carbons (Fsp3) is 0.357. The topological polar surface area (TPSA) is 32.3 Å². The van der Waals surface area contributed by atoms with Crippen molar-refractivity contribution in [1.29, 1.82) is 0 Å². The van der Waals surface area contributed by atoms with E-state index in [4.69, 9.17) is 0 Å². The van der Waals surface area contributed by atoms with E-state index < -0.39 is 0 Å². The van der Waals surface area contributed by atoms with Gasteiger partial charge in [0.25, 0.3) is 0 Å². The van der Waals surface area contributed by atoms with Crippen molar-refractivity contribution in [2.45, 2.75) is 13.0 Å². The Bertz CT molecular complexity index is 517. The molecule has 0 bridgehead atoms. The molecule has 0 saturated carbocycles. The Hall–Kier alpha value is -1.17. The van der Waals surface area contributed by atoms with Gasteiger partial charge in [0.2, 0.25) is 5.91 Å². The molecule has 0 aliphatic rings. The second-order valence-corrected chi connectivity index (χ2v) is 6.44. The van der Waals surface area contributed by atoms with Crippen LogP contribution in [0, 0.1) is 0 Å². The summed E-state index contributed by atoms with van der Waals surface area (Å²) in [5, 5.41) is 7.60. The summed E-state index contributed by atoms with van der Waals surface area (Å²) in [5.74, 6) is 0.165. The lowest BCUT2D eigenvalue weighted by molar-refractivity contribution is -0.128. The number of amides is 1. The number of thiophene rings is 2. The highest BCUT2D eigenvalue weighted by molar-refractivity contribution is 7.14. The van der Waals surface area contributed by atoms with Gasteiger partial charge in [0.1, 0.15) is 0 Å². The predicted octanol–water partition coefficient (Wildman–Crippen LogP) is 3.04. The van der Waals surface area contributed by atoms with Gasteiger partial charge in [-0.25, -0.2) is 0 Å². The van der Waals surface area contributed by atoms with Crippen LogP contribution in [-0.4, -0.2) is 31.4 Å². The quantitative estimate of drug-likeness (QED) is 0.831. The average Bonchev–Trinajstić information content (AvgIpc) is 3.04. The zero-order valence-corrected chi connectivity index (χ0v) is 12.8. The van der Waals surface area contributed by atoms with Crippen LogP contribution >= 0.6 is 22.7 Å². The molecule has 2 aromatic heterocycles. The molecule has 0 spiro atoms.